The molecule has 1 aromatic heterocycles. The van der Waals surface area contributed by atoms with Gasteiger partial charge in [0.2, 0.25) is 5.91 Å². The molecule has 8 heteroatoms. The van der Waals surface area contributed by atoms with Gasteiger partial charge in [-0.1, -0.05) is 24.3 Å². The minimum Gasteiger partial charge on any atom is -0.357 e. The first-order valence-corrected chi connectivity index (χ1v) is 10.7. The van der Waals surface area contributed by atoms with Gasteiger partial charge in [-0.2, -0.15) is 0 Å². The van der Waals surface area contributed by atoms with Crippen LogP contribution >= 0.6 is 35.3 Å². The van der Waals surface area contributed by atoms with Gasteiger partial charge in [0, 0.05) is 50.1 Å². The topological polar surface area (TPSA) is 69.6 Å². The summed E-state index contributed by atoms with van der Waals surface area (Å²) in [5.74, 6) is 1.08. The molecule has 1 aliphatic heterocycles. The van der Waals surface area contributed by atoms with E-state index in [1.165, 1.54) is 10.4 Å². The summed E-state index contributed by atoms with van der Waals surface area (Å²) in [6, 6.07) is 8.36. The summed E-state index contributed by atoms with van der Waals surface area (Å²) in [6.07, 6.45) is 4.47. The van der Waals surface area contributed by atoms with Gasteiger partial charge in [0.05, 0.1) is 11.6 Å². The van der Waals surface area contributed by atoms with Crippen molar-refractivity contribution in [2.75, 3.05) is 19.6 Å². The van der Waals surface area contributed by atoms with Crippen molar-refractivity contribution in [2.45, 2.75) is 46.2 Å². The van der Waals surface area contributed by atoms with E-state index in [0.29, 0.717) is 19.5 Å². The number of carbonyl (C=O) groups excluding carboxylic acids is 1. The van der Waals surface area contributed by atoms with E-state index in [0.717, 1.165) is 49.0 Å². The lowest BCUT2D eigenvalue weighted by Crippen LogP contribution is -2.38. The first-order chi connectivity index (χ1) is 13.6. The van der Waals surface area contributed by atoms with Crippen LogP contribution in [-0.4, -0.2) is 41.4 Å². The van der Waals surface area contributed by atoms with E-state index in [9.17, 15) is 4.79 Å². The molecular formula is C21H30IN5OS. The lowest BCUT2D eigenvalue weighted by molar-refractivity contribution is -0.128. The SMILES string of the molecule is CCNC(=NCc1cccc(CN2CCCC2=O)c1)NCCc1ncc(C)s1.I. The van der Waals surface area contributed by atoms with Gasteiger partial charge in [0.25, 0.3) is 0 Å². The maximum atomic E-state index is 11.8. The number of thiazole rings is 1. The normalized spacial score (nSPS) is 14.1. The van der Waals surface area contributed by atoms with Crippen LogP contribution in [0.25, 0.3) is 0 Å². The lowest BCUT2D eigenvalue weighted by atomic mass is 10.1. The lowest BCUT2D eigenvalue weighted by Gasteiger charge is -2.16. The number of nitrogens with one attached hydrogen (secondary N) is 2. The zero-order valence-electron chi connectivity index (χ0n) is 17.1. The van der Waals surface area contributed by atoms with Crippen LogP contribution in [0.3, 0.4) is 0 Å². The maximum Gasteiger partial charge on any atom is 0.222 e. The monoisotopic (exact) mass is 527 g/mol. The average Bonchev–Trinajstić information content (AvgIpc) is 3.28. The van der Waals surface area contributed by atoms with Crippen LogP contribution in [0.5, 0.6) is 0 Å². The molecule has 158 valence electrons. The van der Waals surface area contributed by atoms with E-state index in [2.05, 4.69) is 47.7 Å². The molecule has 1 fully saturated rings. The number of halogens is 1. The molecule has 1 aliphatic rings. The Bertz CT molecular complexity index is 823. The van der Waals surface area contributed by atoms with Crippen LogP contribution in [-0.2, 0) is 24.3 Å². The fraction of sp³-hybridized carbons (Fsp3) is 0.476. The van der Waals surface area contributed by atoms with Crippen LogP contribution in [0.1, 0.15) is 40.8 Å². The van der Waals surface area contributed by atoms with Gasteiger partial charge in [0.15, 0.2) is 5.96 Å². The number of hydrogen-bond acceptors (Lipinski definition) is 4. The number of hydrogen-bond donors (Lipinski definition) is 2. The van der Waals surface area contributed by atoms with Crippen LogP contribution in [0.15, 0.2) is 35.5 Å². The zero-order valence-corrected chi connectivity index (χ0v) is 20.3. The van der Waals surface area contributed by atoms with Crippen molar-refractivity contribution in [1.29, 1.82) is 0 Å². The van der Waals surface area contributed by atoms with Crippen molar-refractivity contribution in [1.82, 2.24) is 20.5 Å². The fourth-order valence-electron chi connectivity index (χ4n) is 3.23. The third-order valence-electron chi connectivity index (χ3n) is 4.60. The first-order valence-electron chi connectivity index (χ1n) is 9.93. The summed E-state index contributed by atoms with van der Waals surface area (Å²) >= 11 is 1.74. The third-order valence-corrected chi connectivity index (χ3v) is 5.57. The molecule has 0 bridgehead atoms. The van der Waals surface area contributed by atoms with E-state index < -0.39 is 0 Å². The third kappa shape index (κ3) is 7.58. The molecule has 0 radical (unpaired) electrons. The van der Waals surface area contributed by atoms with Crippen molar-refractivity contribution in [3.8, 4) is 0 Å². The molecule has 3 rings (SSSR count). The second kappa shape index (κ2) is 12.1. The van der Waals surface area contributed by atoms with Gasteiger partial charge < -0.3 is 15.5 Å². The summed E-state index contributed by atoms with van der Waals surface area (Å²) in [6.45, 7) is 7.93. The highest BCUT2D eigenvalue weighted by atomic mass is 127. The Morgan fingerprint density at radius 1 is 1.31 bits per heavy atom. The van der Waals surface area contributed by atoms with Crippen LogP contribution in [0.2, 0.25) is 0 Å². The fourth-order valence-corrected chi connectivity index (χ4v) is 4.02. The van der Waals surface area contributed by atoms with Crippen molar-refractivity contribution >= 4 is 47.2 Å². The summed E-state index contributed by atoms with van der Waals surface area (Å²) in [7, 11) is 0. The number of benzene rings is 1. The molecule has 2 aromatic rings. The van der Waals surface area contributed by atoms with Gasteiger partial charge >= 0.3 is 0 Å². The van der Waals surface area contributed by atoms with Crippen LogP contribution in [0, 0.1) is 6.92 Å². The number of aryl methyl sites for hydroxylation is 1. The number of rotatable bonds is 8. The Morgan fingerprint density at radius 2 is 2.14 bits per heavy atom. The summed E-state index contributed by atoms with van der Waals surface area (Å²) in [5, 5.41) is 7.82. The van der Waals surface area contributed by atoms with E-state index in [1.54, 1.807) is 11.3 Å². The highest BCUT2D eigenvalue weighted by Gasteiger charge is 2.19. The molecule has 0 spiro atoms. The predicted octanol–water partition coefficient (Wildman–Crippen LogP) is 3.49. The highest BCUT2D eigenvalue weighted by Crippen LogP contribution is 2.15. The Balaban J connectivity index is 0.00000300. The summed E-state index contributed by atoms with van der Waals surface area (Å²) < 4.78 is 0. The first kappa shape index (κ1) is 23.6. The number of guanidine groups is 1. The molecule has 2 heterocycles. The second-order valence-corrected chi connectivity index (χ2v) is 8.29. The smallest absolute Gasteiger partial charge is 0.222 e. The molecule has 2 N–H and O–H groups in total. The Morgan fingerprint density at radius 3 is 2.83 bits per heavy atom. The Hall–Kier alpha value is -1.68. The summed E-state index contributed by atoms with van der Waals surface area (Å²) in [4.78, 5) is 24.1. The number of nitrogens with zero attached hydrogens (tertiary/aromatic N) is 3. The standard InChI is InChI=1S/C21H29N5OS.HI/c1-3-22-21(23-10-9-19-24-13-16(2)28-19)25-14-17-6-4-7-18(12-17)15-26-11-5-8-20(26)27;/h4,6-7,12-13H,3,5,8-11,14-15H2,1-2H3,(H2,22,23,25);1H. The maximum absolute atomic E-state index is 11.8. The number of aliphatic imine (C=N–C) groups is 1. The molecule has 6 nitrogen and oxygen atoms in total. The molecule has 0 atom stereocenters. The molecule has 0 unspecified atom stereocenters. The van der Waals surface area contributed by atoms with Crippen molar-refractivity contribution < 1.29 is 4.79 Å². The molecule has 29 heavy (non-hydrogen) atoms. The molecule has 0 saturated carbocycles. The van der Waals surface area contributed by atoms with Crippen molar-refractivity contribution in [2.24, 2.45) is 4.99 Å². The number of aromatic nitrogens is 1. The molecule has 1 amide bonds. The van der Waals surface area contributed by atoms with Gasteiger partial charge in [-0.15, -0.1) is 35.3 Å². The molecule has 1 saturated heterocycles. The zero-order chi connectivity index (χ0) is 19.8. The van der Waals surface area contributed by atoms with Crippen molar-refractivity contribution in [3.05, 3.63) is 51.5 Å². The van der Waals surface area contributed by atoms with Gasteiger partial charge in [0.1, 0.15) is 0 Å². The van der Waals surface area contributed by atoms with Crippen LogP contribution < -0.4 is 10.6 Å². The number of likely N-dealkylation sites (tertiary alicyclic amines) is 1. The molecule has 1 aromatic carbocycles. The van der Waals surface area contributed by atoms with Gasteiger partial charge in [-0.3, -0.25) is 4.79 Å². The molecular weight excluding hydrogens is 497 g/mol. The van der Waals surface area contributed by atoms with Gasteiger partial charge in [-0.25, -0.2) is 9.98 Å². The molecule has 0 aliphatic carbocycles. The minimum absolute atomic E-state index is 0. The number of amides is 1. The highest BCUT2D eigenvalue weighted by molar-refractivity contribution is 14.0. The van der Waals surface area contributed by atoms with E-state index in [1.807, 2.05) is 17.2 Å². The van der Waals surface area contributed by atoms with Crippen LogP contribution in [0.4, 0.5) is 0 Å². The predicted molar refractivity (Wildman–Crippen MR) is 130 cm³/mol. The Kier molecular flexibility index (Phi) is 9.86. The minimum atomic E-state index is 0. The number of carbonyl (C=O) groups is 1. The van der Waals surface area contributed by atoms with E-state index >= 15 is 0 Å². The van der Waals surface area contributed by atoms with E-state index in [4.69, 9.17) is 4.99 Å². The Labute approximate surface area is 194 Å². The van der Waals surface area contributed by atoms with E-state index in [-0.39, 0.29) is 29.9 Å². The second-order valence-electron chi connectivity index (χ2n) is 6.98. The average molecular weight is 527 g/mol. The van der Waals surface area contributed by atoms with Crippen molar-refractivity contribution in [3.63, 3.8) is 0 Å². The largest absolute Gasteiger partial charge is 0.357 e. The van der Waals surface area contributed by atoms with Gasteiger partial charge in [-0.05, 0) is 31.4 Å². The summed E-state index contributed by atoms with van der Waals surface area (Å²) in [5.41, 5.74) is 2.32. The quantitative estimate of drug-likeness (QED) is 0.314.